The van der Waals surface area contributed by atoms with Crippen LogP contribution in [0, 0.1) is 5.82 Å². The van der Waals surface area contributed by atoms with Crippen molar-refractivity contribution in [1.82, 2.24) is 4.90 Å². The van der Waals surface area contributed by atoms with Gasteiger partial charge in [0, 0.05) is 24.7 Å². The number of rotatable bonds is 2. The van der Waals surface area contributed by atoms with Gasteiger partial charge in [-0.2, -0.15) is 0 Å². The minimum atomic E-state index is -0.289. The Hall–Kier alpha value is -0.640. The lowest BCUT2D eigenvalue weighted by Crippen LogP contribution is -2.44. The summed E-state index contributed by atoms with van der Waals surface area (Å²) in [5, 5.41) is 0.497. The molecule has 1 heterocycles. The van der Waals surface area contributed by atoms with Crippen LogP contribution in [-0.4, -0.2) is 30.2 Å². The molecule has 0 spiro atoms. The van der Waals surface area contributed by atoms with Crippen molar-refractivity contribution >= 4 is 11.6 Å². The lowest BCUT2D eigenvalue weighted by molar-refractivity contribution is -0.0704. The van der Waals surface area contributed by atoms with Crippen LogP contribution in [-0.2, 0) is 11.3 Å². The third-order valence-electron chi connectivity index (χ3n) is 2.90. The highest BCUT2D eigenvalue weighted by Crippen LogP contribution is 2.21. The Balaban J connectivity index is 2.04. The van der Waals surface area contributed by atoms with Crippen LogP contribution in [0.5, 0.6) is 0 Å². The van der Waals surface area contributed by atoms with Crippen molar-refractivity contribution in [3.8, 4) is 0 Å². The molecule has 0 N–H and O–H groups in total. The van der Waals surface area contributed by atoms with Gasteiger partial charge in [0.25, 0.3) is 0 Å². The monoisotopic (exact) mass is 257 g/mol. The molecule has 2 unspecified atom stereocenters. The largest absolute Gasteiger partial charge is 0.373 e. The molecule has 1 aliphatic heterocycles. The molecule has 1 aromatic carbocycles. The normalized spacial score (nSPS) is 26.1. The van der Waals surface area contributed by atoms with Gasteiger partial charge in [-0.1, -0.05) is 17.7 Å². The average Bonchev–Trinajstić information content (AvgIpc) is 2.21. The van der Waals surface area contributed by atoms with E-state index in [9.17, 15) is 4.39 Å². The first-order valence-corrected chi connectivity index (χ1v) is 6.24. The van der Waals surface area contributed by atoms with Crippen LogP contribution >= 0.6 is 11.6 Å². The molecule has 2 atom stereocenters. The van der Waals surface area contributed by atoms with Crippen LogP contribution in [0.2, 0.25) is 5.02 Å². The number of morpholine rings is 1. The zero-order chi connectivity index (χ0) is 12.4. The zero-order valence-electron chi connectivity index (χ0n) is 10.1. The van der Waals surface area contributed by atoms with Crippen LogP contribution in [0.3, 0.4) is 0 Å². The smallest absolute Gasteiger partial charge is 0.124 e. The fraction of sp³-hybridized carbons (Fsp3) is 0.538. The predicted octanol–water partition coefficient (Wildman–Crippen LogP) is 3.09. The Bertz CT molecular complexity index is 389. The predicted molar refractivity (Wildman–Crippen MR) is 66.7 cm³/mol. The first kappa shape index (κ1) is 12.8. The second-order valence-electron chi connectivity index (χ2n) is 4.69. The molecule has 1 saturated heterocycles. The van der Waals surface area contributed by atoms with Crippen molar-refractivity contribution < 1.29 is 9.13 Å². The second kappa shape index (κ2) is 5.34. The lowest BCUT2D eigenvalue weighted by Gasteiger charge is -2.35. The third-order valence-corrected chi connectivity index (χ3v) is 3.26. The summed E-state index contributed by atoms with van der Waals surface area (Å²) in [5.41, 5.74) is 0.967. The van der Waals surface area contributed by atoms with Gasteiger partial charge >= 0.3 is 0 Å². The summed E-state index contributed by atoms with van der Waals surface area (Å²) in [4.78, 5) is 2.29. The average molecular weight is 258 g/mol. The molecular weight excluding hydrogens is 241 g/mol. The maximum atomic E-state index is 12.9. The van der Waals surface area contributed by atoms with E-state index >= 15 is 0 Å². The molecular formula is C13H17ClFNO. The first-order valence-electron chi connectivity index (χ1n) is 5.86. The van der Waals surface area contributed by atoms with E-state index in [0.29, 0.717) is 5.02 Å². The highest BCUT2D eigenvalue weighted by atomic mass is 35.5. The van der Waals surface area contributed by atoms with E-state index in [4.69, 9.17) is 16.3 Å². The van der Waals surface area contributed by atoms with Crippen molar-refractivity contribution in [2.45, 2.75) is 32.6 Å². The molecule has 4 heteroatoms. The van der Waals surface area contributed by atoms with Crippen molar-refractivity contribution in [3.05, 3.63) is 34.6 Å². The van der Waals surface area contributed by atoms with Gasteiger partial charge in [0.2, 0.25) is 0 Å². The van der Waals surface area contributed by atoms with Gasteiger partial charge in [0.1, 0.15) is 5.82 Å². The topological polar surface area (TPSA) is 12.5 Å². The molecule has 17 heavy (non-hydrogen) atoms. The minimum Gasteiger partial charge on any atom is -0.373 e. The van der Waals surface area contributed by atoms with Crippen LogP contribution in [0.15, 0.2) is 18.2 Å². The molecule has 1 aliphatic rings. The van der Waals surface area contributed by atoms with Gasteiger partial charge < -0.3 is 4.74 Å². The summed E-state index contributed by atoms with van der Waals surface area (Å²) in [6.45, 7) is 6.65. The highest BCUT2D eigenvalue weighted by molar-refractivity contribution is 6.31. The standard InChI is InChI=1S/C13H17ClFNO/c1-9-6-16(7-10(2)17-9)8-11-3-4-12(15)5-13(11)14/h3-5,9-10H,6-8H2,1-2H3. The lowest BCUT2D eigenvalue weighted by atomic mass is 10.1. The van der Waals surface area contributed by atoms with E-state index in [-0.39, 0.29) is 18.0 Å². The molecule has 0 bridgehead atoms. The van der Waals surface area contributed by atoms with Gasteiger partial charge in [0.15, 0.2) is 0 Å². The van der Waals surface area contributed by atoms with Gasteiger partial charge in [0.05, 0.1) is 12.2 Å². The van der Waals surface area contributed by atoms with E-state index in [1.54, 1.807) is 6.07 Å². The Kier molecular flexibility index (Phi) is 4.02. The number of hydrogen-bond acceptors (Lipinski definition) is 2. The molecule has 0 aromatic heterocycles. The van der Waals surface area contributed by atoms with Crippen LogP contribution in [0.1, 0.15) is 19.4 Å². The molecule has 1 aromatic rings. The van der Waals surface area contributed by atoms with E-state index in [0.717, 1.165) is 25.2 Å². The third kappa shape index (κ3) is 3.41. The van der Waals surface area contributed by atoms with Crippen molar-refractivity contribution in [1.29, 1.82) is 0 Å². The SMILES string of the molecule is CC1CN(Cc2ccc(F)cc2Cl)CC(C)O1. The highest BCUT2D eigenvalue weighted by Gasteiger charge is 2.22. The van der Waals surface area contributed by atoms with Gasteiger partial charge in [-0.05, 0) is 31.5 Å². The Morgan fingerprint density at radius 1 is 1.35 bits per heavy atom. The summed E-state index contributed by atoms with van der Waals surface area (Å²) in [7, 11) is 0. The van der Waals surface area contributed by atoms with Crippen molar-refractivity contribution in [2.24, 2.45) is 0 Å². The summed E-state index contributed by atoms with van der Waals surface area (Å²) < 4.78 is 18.6. The van der Waals surface area contributed by atoms with E-state index in [1.165, 1.54) is 12.1 Å². The quantitative estimate of drug-likeness (QED) is 0.807. The maximum Gasteiger partial charge on any atom is 0.124 e. The Morgan fingerprint density at radius 2 is 2.00 bits per heavy atom. The molecule has 0 aliphatic carbocycles. The maximum absolute atomic E-state index is 12.9. The number of hydrogen-bond donors (Lipinski definition) is 0. The van der Waals surface area contributed by atoms with E-state index in [1.807, 2.05) is 0 Å². The summed E-state index contributed by atoms with van der Waals surface area (Å²) >= 11 is 6.02. The Morgan fingerprint density at radius 3 is 2.59 bits per heavy atom. The Labute approximate surface area is 106 Å². The fourth-order valence-corrected chi connectivity index (χ4v) is 2.53. The van der Waals surface area contributed by atoms with Gasteiger partial charge in [-0.15, -0.1) is 0 Å². The van der Waals surface area contributed by atoms with Gasteiger partial charge in [-0.3, -0.25) is 4.90 Å². The molecule has 0 radical (unpaired) electrons. The minimum absolute atomic E-state index is 0.234. The number of benzene rings is 1. The van der Waals surface area contributed by atoms with E-state index < -0.39 is 0 Å². The number of nitrogens with zero attached hydrogens (tertiary/aromatic N) is 1. The number of ether oxygens (including phenoxy) is 1. The summed E-state index contributed by atoms with van der Waals surface area (Å²) in [6.07, 6.45) is 0.468. The van der Waals surface area contributed by atoms with E-state index in [2.05, 4.69) is 18.7 Å². The van der Waals surface area contributed by atoms with Crippen molar-refractivity contribution in [3.63, 3.8) is 0 Å². The fourth-order valence-electron chi connectivity index (χ4n) is 2.30. The zero-order valence-corrected chi connectivity index (χ0v) is 10.9. The first-order chi connectivity index (χ1) is 8.04. The van der Waals surface area contributed by atoms with Crippen LogP contribution in [0.25, 0.3) is 0 Å². The molecule has 2 rings (SSSR count). The van der Waals surface area contributed by atoms with Crippen LogP contribution in [0.4, 0.5) is 4.39 Å². The summed E-state index contributed by atoms with van der Waals surface area (Å²) in [5.74, 6) is -0.289. The molecule has 1 fully saturated rings. The molecule has 0 amide bonds. The molecule has 94 valence electrons. The number of halogens is 2. The molecule has 2 nitrogen and oxygen atoms in total. The van der Waals surface area contributed by atoms with Gasteiger partial charge in [-0.25, -0.2) is 4.39 Å². The summed E-state index contributed by atoms with van der Waals surface area (Å²) in [6, 6.07) is 4.57. The van der Waals surface area contributed by atoms with Crippen LogP contribution < -0.4 is 0 Å². The second-order valence-corrected chi connectivity index (χ2v) is 5.09. The van der Waals surface area contributed by atoms with Crippen molar-refractivity contribution in [2.75, 3.05) is 13.1 Å². The molecule has 0 saturated carbocycles.